The van der Waals surface area contributed by atoms with Gasteiger partial charge in [-0.3, -0.25) is 9.36 Å². The molecular formula is C21H18N6O4. The Morgan fingerprint density at radius 2 is 2.06 bits per heavy atom. The molecule has 0 radical (unpaired) electrons. The summed E-state index contributed by atoms with van der Waals surface area (Å²) in [6.45, 7) is 0.0305. The molecule has 2 aromatic heterocycles. The lowest BCUT2D eigenvalue weighted by molar-refractivity contribution is -0.137. The Bertz CT molecular complexity index is 1310. The minimum Gasteiger partial charge on any atom is -0.490 e. The van der Waals surface area contributed by atoms with Crippen LogP contribution in [0.5, 0.6) is 5.75 Å². The number of imidazole rings is 1. The number of benzene rings is 1. The van der Waals surface area contributed by atoms with Gasteiger partial charge in [0.15, 0.2) is 17.2 Å². The summed E-state index contributed by atoms with van der Waals surface area (Å²) in [6, 6.07) is 8.48. The number of hydrogen-bond donors (Lipinski definition) is 0. The standard InChI is InChI=1S/C21H18N6O4/c1-26-10-23-19-18(26)20(28)27(11-24-19)9-16-25-17(21(29)31-16)13-6-15(7-13)30-14-4-2-3-12(5-14)8-22/h2-5,10-11,13,15,17H,6-7,9H2,1H3/t13-,15-,17?. The second-order valence-electron chi connectivity index (χ2n) is 7.71. The van der Waals surface area contributed by atoms with Crippen LogP contribution in [0.15, 0.2) is 46.7 Å². The average molecular weight is 418 g/mol. The number of cyclic esters (lactones) is 1. The van der Waals surface area contributed by atoms with E-state index in [0.717, 1.165) is 0 Å². The van der Waals surface area contributed by atoms with Crippen molar-refractivity contribution in [2.75, 3.05) is 0 Å². The number of carbonyl (C=O) groups excluding carboxylic acids is 1. The monoisotopic (exact) mass is 418 g/mol. The summed E-state index contributed by atoms with van der Waals surface area (Å²) in [6.07, 6.45) is 4.19. The molecule has 2 aliphatic rings. The van der Waals surface area contributed by atoms with Crippen molar-refractivity contribution in [1.82, 2.24) is 19.1 Å². The summed E-state index contributed by atoms with van der Waals surface area (Å²) in [5.74, 6) is 0.445. The number of ether oxygens (including phenoxy) is 2. The maximum absolute atomic E-state index is 12.7. The highest BCUT2D eigenvalue weighted by Crippen LogP contribution is 2.37. The molecule has 0 bridgehead atoms. The van der Waals surface area contributed by atoms with Gasteiger partial charge in [0.25, 0.3) is 5.56 Å². The lowest BCUT2D eigenvalue weighted by atomic mass is 9.77. The number of fused-ring (bicyclic) bond motifs is 1. The van der Waals surface area contributed by atoms with E-state index in [1.807, 2.05) is 0 Å². The molecule has 1 aliphatic heterocycles. The summed E-state index contributed by atoms with van der Waals surface area (Å²) >= 11 is 0. The summed E-state index contributed by atoms with van der Waals surface area (Å²) in [5, 5.41) is 8.98. The maximum Gasteiger partial charge on any atom is 0.337 e. The molecule has 156 valence electrons. The van der Waals surface area contributed by atoms with Crippen LogP contribution in [0.1, 0.15) is 18.4 Å². The van der Waals surface area contributed by atoms with Gasteiger partial charge < -0.3 is 14.0 Å². The minimum atomic E-state index is -0.593. The van der Waals surface area contributed by atoms with Crippen molar-refractivity contribution in [1.29, 1.82) is 5.26 Å². The van der Waals surface area contributed by atoms with Gasteiger partial charge in [0, 0.05) is 7.05 Å². The number of rotatable bonds is 5. The predicted molar refractivity (Wildman–Crippen MR) is 108 cm³/mol. The molecule has 3 aromatic rings. The van der Waals surface area contributed by atoms with Crippen molar-refractivity contribution in [3.8, 4) is 11.8 Å². The van der Waals surface area contributed by atoms with E-state index in [4.69, 9.17) is 14.7 Å². The molecule has 1 saturated carbocycles. The zero-order valence-corrected chi connectivity index (χ0v) is 16.6. The number of esters is 1. The van der Waals surface area contributed by atoms with Gasteiger partial charge in [-0.05, 0) is 37.0 Å². The summed E-state index contributed by atoms with van der Waals surface area (Å²) in [7, 11) is 1.72. The molecule has 5 rings (SSSR count). The Balaban J connectivity index is 1.24. The smallest absolute Gasteiger partial charge is 0.337 e. The molecule has 0 saturated heterocycles. The topological polar surface area (TPSA) is 124 Å². The van der Waals surface area contributed by atoms with Gasteiger partial charge in [-0.1, -0.05) is 6.07 Å². The van der Waals surface area contributed by atoms with E-state index in [9.17, 15) is 9.59 Å². The largest absolute Gasteiger partial charge is 0.490 e. The Kier molecular flexibility index (Phi) is 4.51. The van der Waals surface area contributed by atoms with Crippen LogP contribution in [0.3, 0.4) is 0 Å². The molecule has 0 spiro atoms. The third kappa shape index (κ3) is 3.44. The van der Waals surface area contributed by atoms with Gasteiger partial charge in [0.1, 0.15) is 18.6 Å². The number of nitrogens with zero attached hydrogens (tertiary/aromatic N) is 6. The molecule has 0 amide bonds. The molecule has 10 heteroatoms. The number of aliphatic imine (C=N–C) groups is 1. The van der Waals surface area contributed by atoms with Gasteiger partial charge in [-0.25, -0.2) is 19.8 Å². The molecule has 1 atom stereocenters. The van der Waals surface area contributed by atoms with E-state index >= 15 is 0 Å². The van der Waals surface area contributed by atoms with Crippen LogP contribution >= 0.6 is 0 Å². The first-order chi connectivity index (χ1) is 15.0. The fraction of sp³-hybridized carbons (Fsp3) is 0.333. The molecule has 31 heavy (non-hydrogen) atoms. The Morgan fingerprint density at radius 3 is 2.87 bits per heavy atom. The van der Waals surface area contributed by atoms with E-state index in [1.54, 1.807) is 35.9 Å². The van der Waals surface area contributed by atoms with Crippen molar-refractivity contribution in [2.24, 2.45) is 18.0 Å². The zero-order chi connectivity index (χ0) is 21.5. The second-order valence-corrected chi connectivity index (χ2v) is 7.71. The molecule has 1 fully saturated rings. The number of hydrogen-bond acceptors (Lipinski definition) is 8. The maximum atomic E-state index is 12.7. The first-order valence-corrected chi connectivity index (χ1v) is 9.83. The van der Waals surface area contributed by atoms with Crippen molar-refractivity contribution in [3.05, 3.63) is 52.8 Å². The van der Waals surface area contributed by atoms with Crippen LogP contribution in [-0.4, -0.2) is 43.1 Å². The Hall–Kier alpha value is -4.00. The van der Waals surface area contributed by atoms with Gasteiger partial charge in [0.2, 0.25) is 5.90 Å². The van der Waals surface area contributed by atoms with E-state index in [2.05, 4.69) is 21.0 Å². The van der Waals surface area contributed by atoms with Crippen molar-refractivity contribution in [3.63, 3.8) is 0 Å². The fourth-order valence-corrected chi connectivity index (χ4v) is 3.90. The molecule has 1 aliphatic carbocycles. The van der Waals surface area contributed by atoms with Gasteiger partial charge in [-0.15, -0.1) is 0 Å². The van der Waals surface area contributed by atoms with Crippen LogP contribution < -0.4 is 10.3 Å². The minimum absolute atomic E-state index is 0.0172. The number of aromatic nitrogens is 4. The van der Waals surface area contributed by atoms with Gasteiger partial charge in [0.05, 0.1) is 24.1 Å². The van der Waals surface area contributed by atoms with Crippen molar-refractivity contribution in [2.45, 2.75) is 31.5 Å². The molecule has 1 unspecified atom stereocenters. The highest BCUT2D eigenvalue weighted by molar-refractivity contribution is 5.97. The molecule has 0 N–H and O–H groups in total. The molecule has 3 heterocycles. The lowest BCUT2D eigenvalue weighted by Gasteiger charge is -2.36. The van der Waals surface area contributed by atoms with Crippen LogP contribution in [-0.2, 0) is 23.1 Å². The second kappa shape index (κ2) is 7.36. The predicted octanol–water partition coefficient (Wildman–Crippen LogP) is 1.18. The van der Waals surface area contributed by atoms with E-state index in [1.165, 1.54) is 17.2 Å². The van der Waals surface area contributed by atoms with Crippen molar-refractivity contribution < 1.29 is 14.3 Å². The van der Waals surface area contributed by atoms with E-state index in [0.29, 0.717) is 35.3 Å². The number of nitriles is 1. The summed E-state index contributed by atoms with van der Waals surface area (Å²) in [5.41, 5.74) is 1.01. The van der Waals surface area contributed by atoms with Crippen LogP contribution in [0.2, 0.25) is 0 Å². The van der Waals surface area contributed by atoms with Crippen LogP contribution in [0.4, 0.5) is 0 Å². The van der Waals surface area contributed by atoms with Gasteiger partial charge >= 0.3 is 5.97 Å². The average Bonchev–Trinajstić information content (AvgIpc) is 3.29. The normalized spacial score (nSPS) is 22.5. The number of carbonyl (C=O) groups is 1. The van der Waals surface area contributed by atoms with Crippen LogP contribution in [0, 0.1) is 17.2 Å². The first-order valence-electron chi connectivity index (χ1n) is 9.83. The molecule has 10 nitrogen and oxygen atoms in total. The SMILES string of the molecule is Cn1cnc2ncn(CC3=NC([C@H]4C[C@H](Oc5cccc(C#N)c5)C4)C(=O)O3)c(=O)c21. The lowest BCUT2D eigenvalue weighted by Crippen LogP contribution is -2.41. The highest BCUT2D eigenvalue weighted by atomic mass is 16.6. The third-order valence-corrected chi connectivity index (χ3v) is 5.59. The highest BCUT2D eigenvalue weighted by Gasteiger charge is 2.44. The number of aryl methyl sites for hydroxylation is 1. The third-order valence-electron chi connectivity index (χ3n) is 5.59. The Morgan fingerprint density at radius 1 is 1.26 bits per heavy atom. The quantitative estimate of drug-likeness (QED) is 0.570. The van der Waals surface area contributed by atoms with Crippen molar-refractivity contribution >= 4 is 23.0 Å². The first kappa shape index (κ1) is 19.0. The van der Waals surface area contributed by atoms with Gasteiger partial charge in [-0.2, -0.15) is 5.26 Å². The fourth-order valence-electron chi connectivity index (χ4n) is 3.90. The molecule has 1 aromatic carbocycles. The summed E-state index contributed by atoms with van der Waals surface area (Å²) in [4.78, 5) is 37.6. The van der Waals surface area contributed by atoms with E-state index < -0.39 is 12.0 Å². The summed E-state index contributed by atoms with van der Waals surface area (Å²) < 4.78 is 14.2. The zero-order valence-electron chi connectivity index (χ0n) is 16.6. The van der Waals surface area contributed by atoms with E-state index in [-0.39, 0.29) is 30.0 Å². The van der Waals surface area contributed by atoms with Crippen LogP contribution in [0.25, 0.3) is 11.2 Å². The Labute approximate surface area is 176 Å². The molecular weight excluding hydrogens is 400 g/mol.